The molecule has 3 aromatic rings. The lowest BCUT2D eigenvalue weighted by molar-refractivity contribution is -0.118. The molecular weight excluding hydrogens is 314 g/mol. The highest BCUT2D eigenvalue weighted by Crippen LogP contribution is 2.34. The lowest BCUT2D eigenvalue weighted by Gasteiger charge is -2.25. The molecule has 1 aromatic heterocycles. The fourth-order valence-corrected chi connectivity index (χ4v) is 3.16. The van der Waals surface area contributed by atoms with Crippen LogP contribution < -0.4 is 10.1 Å². The molecule has 4 rings (SSSR count). The number of hydrogen-bond donors (Lipinski definition) is 1. The Kier molecular flexibility index (Phi) is 3.98. The average molecular weight is 333 g/mol. The molecule has 0 saturated carbocycles. The molecule has 2 aromatic carbocycles. The number of hydrogen-bond acceptors (Lipinski definition) is 3. The maximum Gasteiger partial charge on any atom is 0.232 e. The number of nitrogens with zero attached hydrogens (tertiary/aromatic N) is 2. The van der Waals surface area contributed by atoms with Crippen molar-refractivity contribution in [2.24, 2.45) is 0 Å². The van der Waals surface area contributed by atoms with Crippen LogP contribution in [-0.2, 0) is 4.79 Å². The lowest BCUT2D eigenvalue weighted by Crippen LogP contribution is -2.26. The number of anilines is 1. The van der Waals surface area contributed by atoms with Crippen LogP contribution in [0.4, 0.5) is 5.69 Å². The Morgan fingerprint density at radius 2 is 1.96 bits per heavy atom. The number of ether oxygens (including phenoxy) is 1. The molecule has 25 heavy (non-hydrogen) atoms. The van der Waals surface area contributed by atoms with Gasteiger partial charge in [-0.15, -0.1) is 0 Å². The maximum absolute atomic E-state index is 12.9. The molecule has 1 atom stereocenters. The van der Waals surface area contributed by atoms with Crippen LogP contribution in [0.25, 0.3) is 5.69 Å². The first-order chi connectivity index (χ1) is 12.2. The van der Waals surface area contributed by atoms with E-state index in [2.05, 4.69) is 10.4 Å². The van der Waals surface area contributed by atoms with Crippen LogP contribution in [0.1, 0.15) is 23.6 Å². The van der Waals surface area contributed by atoms with Crippen molar-refractivity contribution in [2.45, 2.75) is 19.3 Å². The van der Waals surface area contributed by atoms with Crippen molar-refractivity contribution in [3.8, 4) is 11.4 Å². The number of carbonyl (C=O) groups excluding carboxylic acids is 1. The van der Waals surface area contributed by atoms with Crippen molar-refractivity contribution >= 4 is 11.6 Å². The molecule has 1 unspecified atom stereocenters. The Morgan fingerprint density at radius 1 is 1.16 bits per heavy atom. The molecule has 0 aliphatic carbocycles. The monoisotopic (exact) mass is 333 g/mol. The molecule has 1 aliphatic rings. The summed E-state index contributed by atoms with van der Waals surface area (Å²) >= 11 is 0. The molecule has 126 valence electrons. The summed E-state index contributed by atoms with van der Waals surface area (Å²) in [7, 11) is 0. The van der Waals surface area contributed by atoms with Crippen molar-refractivity contribution in [1.82, 2.24) is 9.78 Å². The third-order valence-corrected chi connectivity index (χ3v) is 4.41. The number of nitrogens with one attached hydrogen (secondary N) is 1. The van der Waals surface area contributed by atoms with E-state index in [1.54, 1.807) is 4.68 Å². The molecule has 0 bridgehead atoms. The molecule has 0 saturated heterocycles. The summed E-state index contributed by atoms with van der Waals surface area (Å²) in [5, 5.41) is 7.52. The van der Waals surface area contributed by atoms with Crippen molar-refractivity contribution in [2.75, 3.05) is 11.9 Å². The second-order valence-electron chi connectivity index (χ2n) is 6.14. The van der Waals surface area contributed by atoms with E-state index in [0.29, 0.717) is 13.0 Å². The van der Waals surface area contributed by atoms with E-state index in [9.17, 15) is 4.79 Å². The van der Waals surface area contributed by atoms with Crippen LogP contribution in [0.3, 0.4) is 0 Å². The number of benzene rings is 2. The maximum atomic E-state index is 12.9. The standard InChI is InChI=1S/C20H19N3O2/c1-14-10-12-23(22-14)18-8-4-3-7-17(18)21-20(24)16-11-13-25-19-9-5-2-6-15(16)19/h2-10,12,16H,11,13H2,1H3,(H,21,24). The fraction of sp³-hybridized carbons (Fsp3) is 0.200. The molecule has 5 nitrogen and oxygen atoms in total. The molecule has 0 fully saturated rings. The first-order valence-corrected chi connectivity index (χ1v) is 8.36. The van der Waals surface area contributed by atoms with Gasteiger partial charge in [-0.3, -0.25) is 4.79 Å². The second kappa shape index (κ2) is 6.43. The molecule has 0 spiro atoms. The van der Waals surface area contributed by atoms with Crippen molar-refractivity contribution in [3.63, 3.8) is 0 Å². The van der Waals surface area contributed by atoms with Gasteiger partial charge < -0.3 is 10.1 Å². The smallest absolute Gasteiger partial charge is 0.232 e. The number of carbonyl (C=O) groups is 1. The highest BCUT2D eigenvalue weighted by molar-refractivity contribution is 5.98. The zero-order valence-electron chi connectivity index (χ0n) is 14.0. The van der Waals surface area contributed by atoms with Crippen LogP contribution in [0.15, 0.2) is 60.8 Å². The number of fused-ring (bicyclic) bond motifs is 1. The lowest BCUT2D eigenvalue weighted by atomic mass is 9.92. The molecule has 5 heteroatoms. The largest absolute Gasteiger partial charge is 0.493 e. The van der Waals surface area contributed by atoms with Gasteiger partial charge in [0, 0.05) is 11.8 Å². The minimum atomic E-state index is -0.211. The minimum Gasteiger partial charge on any atom is -0.493 e. The van der Waals surface area contributed by atoms with Crippen molar-refractivity contribution in [1.29, 1.82) is 0 Å². The Bertz CT molecular complexity index is 917. The molecule has 1 N–H and O–H groups in total. The van der Waals surface area contributed by atoms with E-state index in [1.165, 1.54) is 0 Å². The topological polar surface area (TPSA) is 56.2 Å². The predicted molar refractivity (Wildman–Crippen MR) is 96.2 cm³/mol. The summed E-state index contributed by atoms with van der Waals surface area (Å²) in [6, 6.07) is 17.4. The summed E-state index contributed by atoms with van der Waals surface area (Å²) in [6.07, 6.45) is 2.57. The number of amides is 1. The number of rotatable bonds is 3. The van der Waals surface area contributed by atoms with Crippen LogP contribution >= 0.6 is 0 Å². The van der Waals surface area contributed by atoms with Gasteiger partial charge >= 0.3 is 0 Å². The van der Waals surface area contributed by atoms with Gasteiger partial charge in [-0.1, -0.05) is 30.3 Å². The average Bonchev–Trinajstić information content (AvgIpc) is 3.08. The first-order valence-electron chi connectivity index (χ1n) is 8.36. The van der Waals surface area contributed by atoms with Gasteiger partial charge in [0.1, 0.15) is 5.75 Å². The van der Waals surface area contributed by atoms with E-state index >= 15 is 0 Å². The molecule has 1 amide bonds. The first kappa shape index (κ1) is 15.4. The normalized spacial score (nSPS) is 16.0. The SMILES string of the molecule is Cc1ccn(-c2ccccc2NC(=O)C2CCOc3ccccc32)n1. The Hall–Kier alpha value is -3.08. The highest BCUT2D eigenvalue weighted by Gasteiger charge is 2.27. The molecule has 0 radical (unpaired) electrons. The van der Waals surface area contributed by atoms with Crippen LogP contribution in [-0.4, -0.2) is 22.3 Å². The van der Waals surface area contributed by atoms with Crippen LogP contribution in [0.5, 0.6) is 5.75 Å². The summed E-state index contributed by atoms with van der Waals surface area (Å²) in [5.74, 6) is 0.564. The third-order valence-electron chi connectivity index (χ3n) is 4.41. The third kappa shape index (κ3) is 3.01. The fourth-order valence-electron chi connectivity index (χ4n) is 3.16. The van der Waals surface area contributed by atoms with Crippen molar-refractivity contribution in [3.05, 3.63) is 72.1 Å². The van der Waals surface area contributed by atoms with E-state index in [4.69, 9.17) is 4.74 Å². The van der Waals surface area contributed by atoms with E-state index < -0.39 is 0 Å². The summed E-state index contributed by atoms with van der Waals surface area (Å²) in [4.78, 5) is 12.9. The van der Waals surface area contributed by atoms with Gasteiger partial charge in [-0.25, -0.2) is 4.68 Å². The number of aryl methyl sites for hydroxylation is 1. The highest BCUT2D eigenvalue weighted by atomic mass is 16.5. The number of para-hydroxylation sites is 3. The summed E-state index contributed by atoms with van der Waals surface area (Å²) < 4.78 is 7.44. The van der Waals surface area contributed by atoms with E-state index in [1.807, 2.05) is 67.7 Å². The van der Waals surface area contributed by atoms with Gasteiger partial charge in [-0.2, -0.15) is 5.10 Å². The minimum absolute atomic E-state index is 0.0212. The number of aromatic nitrogens is 2. The van der Waals surface area contributed by atoms with Gasteiger partial charge in [0.2, 0.25) is 5.91 Å². The Balaban J connectivity index is 1.63. The van der Waals surface area contributed by atoms with E-state index in [0.717, 1.165) is 28.4 Å². The molecule has 1 aliphatic heterocycles. The van der Waals surface area contributed by atoms with Gasteiger partial charge in [0.25, 0.3) is 0 Å². The zero-order chi connectivity index (χ0) is 17.2. The Morgan fingerprint density at radius 3 is 2.80 bits per heavy atom. The van der Waals surface area contributed by atoms with Gasteiger partial charge in [0.05, 0.1) is 29.6 Å². The van der Waals surface area contributed by atoms with Gasteiger partial charge in [0.15, 0.2) is 0 Å². The van der Waals surface area contributed by atoms with Gasteiger partial charge in [-0.05, 0) is 37.6 Å². The summed E-state index contributed by atoms with van der Waals surface area (Å²) in [6.45, 7) is 2.49. The zero-order valence-corrected chi connectivity index (χ0v) is 14.0. The molecular formula is C20H19N3O2. The quantitative estimate of drug-likeness (QED) is 0.795. The van der Waals surface area contributed by atoms with Crippen LogP contribution in [0, 0.1) is 6.92 Å². The second-order valence-corrected chi connectivity index (χ2v) is 6.14. The van der Waals surface area contributed by atoms with Crippen molar-refractivity contribution < 1.29 is 9.53 Å². The molecule has 2 heterocycles. The Labute approximate surface area is 146 Å². The van der Waals surface area contributed by atoms with Crippen LogP contribution in [0.2, 0.25) is 0 Å². The predicted octanol–water partition coefficient (Wildman–Crippen LogP) is 3.69. The van der Waals surface area contributed by atoms with E-state index in [-0.39, 0.29) is 11.8 Å². The summed E-state index contributed by atoms with van der Waals surface area (Å²) in [5.41, 5.74) is 3.47.